The number of aromatic nitrogens is 1. The molecule has 0 atom stereocenters. The molecule has 2 aromatic rings. The van der Waals surface area contributed by atoms with Crippen molar-refractivity contribution in [2.75, 3.05) is 10.7 Å². The van der Waals surface area contributed by atoms with Gasteiger partial charge in [-0.15, -0.1) is 0 Å². The van der Waals surface area contributed by atoms with E-state index in [1.165, 1.54) is 12.1 Å². The van der Waals surface area contributed by atoms with Gasteiger partial charge in [0.05, 0.1) is 16.3 Å². The molecule has 0 amide bonds. The number of hydrogen-bond donors (Lipinski definition) is 3. The molecule has 20 heavy (non-hydrogen) atoms. The molecule has 0 unspecified atom stereocenters. The van der Waals surface area contributed by atoms with Crippen LogP contribution in [0.5, 0.6) is 0 Å². The first-order chi connectivity index (χ1) is 9.51. The Hall–Kier alpha value is -2.61. The average molecular weight is 277 g/mol. The maximum Gasteiger partial charge on any atom is 0.273 e. The Morgan fingerprint density at radius 1 is 1.35 bits per heavy atom. The molecule has 4 N–H and O–H groups in total. The smallest absolute Gasteiger partial charge is 0.273 e. The van der Waals surface area contributed by atoms with Gasteiger partial charge in [-0.3, -0.25) is 16.0 Å². The molecule has 0 saturated carbocycles. The number of anilines is 2. The molecule has 0 aliphatic carbocycles. The molecule has 0 radical (unpaired) electrons. The normalized spacial score (nSPS) is 10.3. The van der Waals surface area contributed by atoms with E-state index in [9.17, 15) is 10.1 Å². The molecular formula is C12H15N5O3. The van der Waals surface area contributed by atoms with E-state index in [0.717, 1.165) is 17.0 Å². The molecule has 0 fully saturated rings. The molecule has 1 heterocycles. The molecule has 0 aliphatic rings. The van der Waals surface area contributed by atoms with Crippen LogP contribution in [0.3, 0.4) is 0 Å². The molecule has 0 aliphatic heterocycles. The summed E-state index contributed by atoms with van der Waals surface area (Å²) in [5, 5.41) is 17.8. The largest absolute Gasteiger partial charge is 0.380 e. The number of benzene rings is 1. The fourth-order valence-corrected chi connectivity index (χ4v) is 1.85. The summed E-state index contributed by atoms with van der Waals surface area (Å²) in [6.45, 7) is 4.12. The van der Waals surface area contributed by atoms with Gasteiger partial charge in [0.1, 0.15) is 5.76 Å². The predicted molar refractivity (Wildman–Crippen MR) is 74.2 cm³/mol. The fraction of sp³-hybridized carbons (Fsp3) is 0.250. The average Bonchev–Trinajstić information content (AvgIpc) is 2.75. The van der Waals surface area contributed by atoms with Crippen molar-refractivity contribution in [2.45, 2.75) is 20.4 Å². The van der Waals surface area contributed by atoms with Gasteiger partial charge in [-0.1, -0.05) is 5.16 Å². The number of nitrogens with zero attached hydrogens (tertiary/aromatic N) is 2. The molecule has 2 rings (SSSR count). The van der Waals surface area contributed by atoms with Gasteiger partial charge < -0.3 is 15.3 Å². The maximum atomic E-state index is 10.8. The van der Waals surface area contributed by atoms with Crippen molar-refractivity contribution in [1.82, 2.24) is 5.16 Å². The van der Waals surface area contributed by atoms with Crippen LogP contribution in [-0.2, 0) is 6.54 Å². The third kappa shape index (κ3) is 2.86. The van der Waals surface area contributed by atoms with Crippen molar-refractivity contribution >= 4 is 17.1 Å². The van der Waals surface area contributed by atoms with E-state index in [1.807, 2.05) is 13.8 Å². The van der Waals surface area contributed by atoms with Crippen molar-refractivity contribution in [3.05, 3.63) is 45.3 Å². The zero-order valence-electron chi connectivity index (χ0n) is 11.1. The minimum atomic E-state index is -0.470. The highest BCUT2D eigenvalue weighted by Crippen LogP contribution is 2.24. The first-order valence-corrected chi connectivity index (χ1v) is 5.93. The lowest BCUT2D eigenvalue weighted by Gasteiger charge is -2.08. The van der Waals surface area contributed by atoms with Crippen molar-refractivity contribution in [3.8, 4) is 0 Å². The Morgan fingerprint density at radius 2 is 2.05 bits per heavy atom. The highest BCUT2D eigenvalue weighted by molar-refractivity contribution is 5.63. The number of non-ortho nitro benzene ring substituents is 1. The molecular weight excluding hydrogens is 262 g/mol. The summed E-state index contributed by atoms with van der Waals surface area (Å²) >= 11 is 0. The van der Waals surface area contributed by atoms with E-state index in [0.29, 0.717) is 17.9 Å². The lowest BCUT2D eigenvalue weighted by Crippen LogP contribution is -2.08. The Labute approximate surface area is 115 Å². The minimum Gasteiger partial charge on any atom is -0.380 e. The van der Waals surface area contributed by atoms with Crippen molar-refractivity contribution in [3.63, 3.8) is 0 Å². The zero-order valence-corrected chi connectivity index (χ0v) is 11.1. The van der Waals surface area contributed by atoms with Crippen molar-refractivity contribution in [2.24, 2.45) is 5.84 Å². The zero-order chi connectivity index (χ0) is 14.7. The summed E-state index contributed by atoms with van der Waals surface area (Å²) in [5.74, 6) is 6.02. The third-order valence-electron chi connectivity index (χ3n) is 2.95. The monoisotopic (exact) mass is 277 g/mol. The highest BCUT2D eigenvalue weighted by Gasteiger charge is 2.12. The topological polar surface area (TPSA) is 119 Å². The summed E-state index contributed by atoms with van der Waals surface area (Å²) in [6, 6.07) is 4.49. The van der Waals surface area contributed by atoms with Crippen LogP contribution < -0.4 is 16.6 Å². The van der Waals surface area contributed by atoms with Gasteiger partial charge in [-0.2, -0.15) is 0 Å². The Kier molecular flexibility index (Phi) is 3.85. The van der Waals surface area contributed by atoms with Crippen LogP contribution in [0.1, 0.15) is 17.0 Å². The predicted octanol–water partition coefficient (Wildman–Crippen LogP) is 2.10. The van der Waals surface area contributed by atoms with Gasteiger partial charge in [-0.05, 0) is 19.9 Å². The second kappa shape index (κ2) is 5.57. The standard InChI is InChI=1S/C12H15N5O3/c1-7-12(8(2)20-16-7)6-14-9-3-10(15-13)5-11(4-9)17(18)19/h3-5,14-15H,6,13H2,1-2H3. The second-order valence-corrected chi connectivity index (χ2v) is 4.33. The fourth-order valence-electron chi connectivity index (χ4n) is 1.85. The Bertz CT molecular complexity index is 619. The molecule has 0 spiro atoms. The van der Waals surface area contributed by atoms with Crippen LogP contribution in [0, 0.1) is 24.0 Å². The molecule has 106 valence electrons. The lowest BCUT2D eigenvalue weighted by atomic mass is 10.2. The molecule has 1 aromatic heterocycles. The van der Waals surface area contributed by atoms with E-state index >= 15 is 0 Å². The van der Waals surface area contributed by atoms with Gasteiger partial charge in [-0.25, -0.2) is 0 Å². The van der Waals surface area contributed by atoms with Crippen LogP contribution in [0.2, 0.25) is 0 Å². The minimum absolute atomic E-state index is 0.0401. The van der Waals surface area contributed by atoms with Crippen LogP contribution in [-0.4, -0.2) is 10.1 Å². The van der Waals surface area contributed by atoms with E-state index in [-0.39, 0.29) is 5.69 Å². The number of nitro benzene ring substituents is 1. The van der Waals surface area contributed by atoms with Gasteiger partial charge in [0.15, 0.2) is 0 Å². The number of hydrazine groups is 1. The molecule has 0 saturated heterocycles. The lowest BCUT2D eigenvalue weighted by molar-refractivity contribution is -0.384. The number of nitro groups is 1. The molecule has 0 bridgehead atoms. The van der Waals surface area contributed by atoms with Gasteiger partial charge in [0.25, 0.3) is 5.69 Å². The summed E-state index contributed by atoms with van der Waals surface area (Å²) < 4.78 is 5.06. The molecule has 8 nitrogen and oxygen atoms in total. The summed E-state index contributed by atoms with van der Waals surface area (Å²) in [6.07, 6.45) is 0. The number of nitrogens with two attached hydrogens (primary N) is 1. The van der Waals surface area contributed by atoms with Gasteiger partial charge in [0, 0.05) is 29.9 Å². The van der Waals surface area contributed by atoms with E-state index in [1.54, 1.807) is 6.07 Å². The number of nitrogens with one attached hydrogen (secondary N) is 2. The summed E-state index contributed by atoms with van der Waals surface area (Å²) in [5.41, 5.74) is 5.13. The van der Waals surface area contributed by atoms with Gasteiger partial charge in [0.2, 0.25) is 0 Å². The molecule has 8 heteroatoms. The van der Waals surface area contributed by atoms with Crippen molar-refractivity contribution < 1.29 is 9.45 Å². The summed E-state index contributed by atoms with van der Waals surface area (Å²) in [7, 11) is 0. The van der Waals surface area contributed by atoms with Crippen LogP contribution in [0.15, 0.2) is 22.7 Å². The van der Waals surface area contributed by atoms with Crippen LogP contribution in [0.25, 0.3) is 0 Å². The summed E-state index contributed by atoms with van der Waals surface area (Å²) in [4.78, 5) is 10.4. The number of hydrogen-bond acceptors (Lipinski definition) is 7. The van der Waals surface area contributed by atoms with Gasteiger partial charge >= 0.3 is 0 Å². The molecule has 1 aromatic carbocycles. The van der Waals surface area contributed by atoms with Crippen LogP contribution >= 0.6 is 0 Å². The number of nitrogen functional groups attached to an aromatic ring is 1. The first kappa shape index (κ1) is 13.8. The third-order valence-corrected chi connectivity index (χ3v) is 2.95. The maximum absolute atomic E-state index is 10.8. The van der Waals surface area contributed by atoms with E-state index in [4.69, 9.17) is 10.4 Å². The second-order valence-electron chi connectivity index (χ2n) is 4.33. The number of aryl methyl sites for hydroxylation is 2. The van der Waals surface area contributed by atoms with E-state index in [2.05, 4.69) is 15.9 Å². The van der Waals surface area contributed by atoms with E-state index < -0.39 is 4.92 Å². The first-order valence-electron chi connectivity index (χ1n) is 5.93. The Balaban J connectivity index is 2.21. The highest BCUT2D eigenvalue weighted by atomic mass is 16.6. The number of rotatable bonds is 5. The van der Waals surface area contributed by atoms with Crippen molar-refractivity contribution in [1.29, 1.82) is 0 Å². The quantitative estimate of drug-likeness (QED) is 0.435. The van der Waals surface area contributed by atoms with Crippen LogP contribution in [0.4, 0.5) is 17.1 Å². The SMILES string of the molecule is Cc1noc(C)c1CNc1cc(NN)cc([N+](=O)[O-])c1. The Morgan fingerprint density at radius 3 is 2.60 bits per heavy atom.